The Morgan fingerprint density at radius 2 is 1.77 bits per heavy atom. The maximum Gasteiger partial charge on any atom is 0.323 e. The molecule has 2 heterocycles. The van der Waals surface area contributed by atoms with Crippen LogP contribution in [0.2, 0.25) is 0 Å². The number of piperazine rings is 1. The molecule has 2 aromatic rings. The smallest absolute Gasteiger partial charge is 0.322 e. The third kappa shape index (κ3) is 4.43. The number of rotatable bonds is 5. The maximum absolute atomic E-state index is 12.6. The standard InChI is InChI=1S/C20H29N5O/c1-16(2)17(3)25-19(9-10-21-25)22-20(26)24-13-11-23(12-14-24)15-18-7-5-4-6-8-18/h4-10,16-17H,11-15H2,1-3H3,(H,22,26)/t17-/m0/s1. The molecule has 1 aromatic carbocycles. The van der Waals surface area contributed by atoms with Crippen LogP contribution in [0, 0.1) is 5.92 Å². The minimum Gasteiger partial charge on any atom is -0.322 e. The molecule has 2 amide bonds. The zero-order valence-corrected chi connectivity index (χ0v) is 15.9. The summed E-state index contributed by atoms with van der Waals surface area (Å²) >= 11 is 0. The van der Waals surface area contributed by atoms with Gasteiger partial charge >= 0.3 is 6.03 Å². The van der Waals surface area contributed by atoms with Crippen LogP contribution in [0.4, 0.5) is 10.6 Å². The van der Waals surface area contributed by atoms with E-state index in [1.807, 2.05) is 21.7 Å². The molecule has 0 bridgehead atoms. The molecule has 1 aliphatic heterocycles. The Morgan fingerprint density at radius 3 is 2.42 bits per heavy atom. The van der Waals surface area contributed by atoms with E-state index in [4.69, 9.17) is 0 Å². The van der Waals surface area contributed by atoms with Gasteiger partial charge in [0.15, 0.2) is 0 Å². The summed E-state index contributed by atoms with van der Waals surface area (Å²) < 4.78 is 1.90. The van der Waals surface area contributed by atoms with Crippen molar-refractivity contribution >= 4 is 11.8 Å². The van der Waals surface area contributed by atoms with Crippen LogP contribution in [0.1, 0.15) is 32.4 Å². The van der Waals surface area contributed by atoms with Gasteiger partial charge in [0.1, 0.15) is 5.82 Å². The molecule has 1 saturated heterocycles. The van der Waals surface area contributed by atoms with Crippen LogP contribution in [-0.4, -0.2) is 51.8 Å². The normalized spacial score (nSPS) is 16.7. The first-order valence-corrected chi connectivity index (χ1v) is 9.40. The number of carbonyl (C=O) groups is 1. The van der Waals surface area contributed by atoms with E-state index >= 15 is 0 Å². The van der Waals surface area contributed by atoms with Crippen LogP contribution in [0.3, 0.4) is 0 Å². The van der Waals surface area contributed by atoms with Crippen LogP contribution in [0.15, 0.2) is 42.6 Å². The van der Waals surface area contributed by atoms with Gasteiger partial charge in [-0.1, -0.05) is 44.2 Å². The molecule has 1 aliphatic rings. The number of benzene rings is 1. The Morgan fingerprint density at radius 1 is 1.08 bits per heavy atom. The van der Waals surface area contributed by atoms with Crippen molar-refractivity contribution in [2.75, 3.05) is 31.5 Å². The number of carbonyl (C=O) groups excluding carboxylic acids is 1. The van der Waals surface area contributed by atoms with E-state index in [0.717, 1.165) is 38.5 Å². The second-order valence-electron chi connectivity index (χ2n) is 7.32. The molecule has 0 saturated carbocycles. The fourth-order valence-corrected chi connectivity index (χ4v) is 3.16. The van der Waals surface area contributed by atoms with E-state index in [-0.39, 0.29) is 12.1 Å². The summed E-state index contributed by atoms with van der Waals surface area (Å²) in [6.45, 7) is 10.6. The van der Waals surface area contributed by atoms with Gasteiger partial charge in [-0.3, -0.25) is 10.2 Å². The SMILES string of the molecule is CC(C)[C@H](C)n1nccc1NC(=O)N1CCN(Cc2ccccc2)CC1. The first kappa shape index (κ1) is 18.5. The molecule has 3 rings (SSSR count). The summed E-state index contributed by atoms with van der Waals surface area (Å²) in [6, 6.07) is 12.5. The van der Waals surface area contributed by atoms with Gasteiger partial charge in [0, 0.05) is 38.8 Å². The summed E-state index contributed by atoms with van der Waals surface area (Å²) in [5, 5.41) is 7.40. The monoisotopic (exact) mass is 355 g/mol. The number of urea groups is 1. The van der Waals surface area contributed by atoms with Crippen molar-refractivity contribution in [2.24, 2.45) is 5.92 Å². The summed E-state index contributed by atoms with van der Waals surface area (Å²) in [7, 11) is 0. The van der Waals surface area contributed by atoms with Crippen molar-refractivity contribution in [1.29, 1.82) is 0 Å². The van der Waals surface area contributed by atoms with Crippen molar-refractivity contribution in [3.05, 3.63) is 48.2 Å². The predicted molar refractivity (Wildman–Crippen MR) is 104 cm³/mol. The Balaban J connectivity index is 1.52. The largest absolute Gasteiger partial charge is 0.323 e. The quantitative estimate of drug-likeness (QED) is 0.894. The van der Waals surface area contributed by atoms with Gasteiger partial charge in [-0.2, -0.15) is 5.10 Å². The second-order valence-corrected chi connectivity index (χ2v) is 7.32. The highest BCUT2D eigenvalue weighted by molar-refractivity contribution is 5.88. The highest BCUT2D eigenvalue weighted by Gasteiger charge is 2.23. The molecule has 1 atom stereocenters. The summed E-state index contributed by atoms with van der Waals surface area (Å²) in [5.41, 5.74) is 1.32. The molecule has 0 radical (unpaired) electrons. The van der Waals surface area contributed by atoms with Gasteiger partial charge in [0.25, 0.3) is 0 Å². The van der Waals surface area contributed by atoms with Crippen LogP contribution in [0.5, 0.6) is 0 Å². The highest BCUT2D eigenvalue weighted by Crippen LogP contribution is 2.21. The van der Waals surface area contributed by atoms with E-state index in [0.29, 0.717) is 5.92 Å². The third-order valence-electron chi connectivity index (χ3n) is 5.16. The highest BCUT2D eigenvalue weighted by atomic mass is 16.2. The molecule has 1 N–H and O–H groups in total. The molecule has 0 aliphatic carbocycles. The average molecular weight is 355 g/mol. The van der Waals surface area contributed by atoms with Crippen molar-refractivity contribution in [2.45, 2.75) is 33.4 Å². The van der Waals surface area contributed by atoms with Crippen molar-refractivity contribution in [3.8, 4) is 0 Å². The fraction of sp³-hybridized carbons (Fsp3) is 0.500. The number of nitrogens with zero attached hydrogens (tertiary/aromatic N) is 4. The van der Waals surface area contributed by atoms with Crippen LogP contribution in [-0.2, 0) is 6.54 Å². The van der Waals surface area contributed by atoms with E-state index in [9.17, 15) is 4.79 Å². The number of amides is 2. The van der Waals surface area contributed by atoms with E-state index < -0.39 is 0 Å². The number of hydrogen-bond acceptors (Lipinski definition) is 3. The van der Waals surface area contributed by atoms with E-state index in [1.165, 1.54) is 5.56 Å². The van der Waals surface area contributed by atoms with Crippen molar-refractivity contribution < 1.29 is 4.79 Å². The van der Waals surface area contributed by atoms with Gasteiger partial charge in [-0.15, -0.1) is 0 Å². The molecular formula is C20H29N5O. The summed E-state index contributed by atoms with van der Waals surface area (Å²) in [5.74, 6) is 1.22. The van der Waals surface area contributed by atoms with Crippen molar-refractivity contribution in [3.63, 3.8) is 0 Å². The molecule has 0 unspecified atom stereocenters. The Labute approximate surface area is 155 Å². The molecule has 26 heavy (non-hydrogen) atoms. The molecule has 6 nitrogen and oxygen atoms in total. The predicted octanol–water partition coefficient (Wildman–Crippen LogP) is 3.45. The first-order valence-electron chi connectivity index (χ1n) is 9.40. The number of hydrogen-bond donors (Lipinski definition) is 1. The van der Waals surface area contributed by atoms with Gasteiger partial charge in [-0.25, -0.2) is 9.48 Å². The van der Waals surface area contributed by atoms with Gasteiger partial charge in [-0.05, 0) is 18.4 Å². The van der Waals surface area contributed by atoms with Crippen LogP contribution >= 0.6 is 0 Å². The lowest BCUT2D eigenvalue weighted by Gasteiger charge is -2.34. The molecule has 1 aromatic heterocycles. The first-order chi connectivity index (χ1) is 12.5. The molecule has 6 heteroatoms. The average Bonchev–Trinajstić information content (AvgIpc) is 3.10. The zero-order valence-electron chi connectivity index (χ0n) is 15.9. The fourth-order valence-electron chi connectivity index (χ4n) is 3.16. The molecule has 1 fully saturated rings. The van der Waals surface area contributed by atoms with E-state index in [1.54, 1.807) is 6.20 Å². The number of anilines is 1. The van der Waals surface area contributed by atoms with Gasteiger partial charge in [0.05, 0.1) is 12.2 Å². The molecule has 140 valence electrons. The minimum atomic E-state index is -0.0398. The number of nitrogens with one attached hydrogen (secondary N) is 1. The zero-order chi connectivity index (χ0) is 18.5. The maximum atomic E-state index is 12.6. The summed E-state index contributed by atoms with van der Waals surface area (Å²) in [6.07, 6.45) is 1.74. The van der Waals surface area contributed by atoms with Crippen LogP contribution < -0.4 is 5.32 Å². The van der Waals surface area contributed by atoms with Gasteiger partial charge < -0.3 is 4.90 Å². The minimum absolute atomic E-state index is 0.0398. The topological polar surface area (TPSA) is 53.4 Å². The Kier molecular flexibility index (Phi) is 5.93. The van der Waals surface area contributed by atoms with Crippen molar-refractivity contribution in [1.82, 2.24) is 19.6 Å². The Hall–Kier alpha value is -2.34. The molecule has 0 spiro atoms. The lowest BCUT2D eigenvalue weighted by molar-refractivity contribution is 0.143. The van der Waals surface area contributed by atoms with Gasteiger partial charge in [0.2, 0.25) is 0 Å². The lowest BCUT2D eigenvalue weighted by Crippen LogP contribution is -2.49. The summed E-state index contributed by atoms with van der Waals surface area (Å²) in [4.78, 5) is 16.9. The van der Waals surface area contributed by atoms with E-state index in [2.05, 4.69) is 60.4 Å². The second kappa shape index (κ2) is 8.36. The third-order valence-corrected chi connectivity index (χ3v) is 5.16. The lowest BCUT2D eigenvalue weighted by atomic mass is 10.1. The molecular weight excluding hydrogens is 326 g/mol. The van der Waals surface area contributed by atoms with Crippen LogP contribution in [0.25, 0.3) is 0 Å². The number of aromatic nitrogens is 2. The Bertz CT molecular complexity index is 704.